The van der Waals surface area contributed by atoms with Crippen LogP contribution in [0.3, 0.4) is 0 Å². The molecule has 0 amide bonds. The first-order chi connectivity index (χ1) is 60.8. The number of aryl methyl sites for hydroxylation is 6. The summed E-state index contributed by atoms with van der Waals surface area (Å²) in [7, 11) is 0. The minimum Gasteiger partial charge on any atom is -0.504 e. The predicted molar refractivity (Wildman–Crippen MR) is 514 cm³/mol. The molecule has 18 heteroatoms. The second-order valence-corrected chi connectivity index (χ2v) is 34.4. The molecule has 0 spiro atoms. The van der Waals surface area contributed by atoms with Gasteiger partial charge in [0.05, 0.1) is 0 Å². The van der Waals surface area contributed by atoms with Crippen molar-refractivity contribution in [2.24, 2.45) is 0 Å². The molecule has 0 aliphatic heterocycles. The third-order valence-electron chi connectivity index (χ3n) is 22.7. The summed E-state index contributed by atoms with van der Waals surface area (Å²) in [5, 5.41) is 112. The topological polar surface area (TPSA) is 345 Å². The fourth-order valence-corrected chi connectivity index (χ4v) is 14.5. The van der Waals surface area contributed by atoms with Gasteiger partial charge < -0.3 is 61.3 Å². The first-order valence-corrected chi connectivity index (χ1v) is 48.9. The second-order valence-electron chi connectivity index (χ2n) is 34.4. The average Bonchev–Trinajstić information content (AvgIpc) is 0.918. The zero-order valence-corrected chi connectivity index (χ0v) is 78.6. The number of hydrogen-bond donors (Lipinski definition) is 12. The number of unbranched alkanes of at least 4 members (excludes halogenated alkanes) is 36. The van der Waals surface area contributed by atoms with Crippen LogP contribution in [-0.4, -0.2) is 96.0 Å². The van der Waals surface area contributed by atoms with Gasteiger partial charge in [-0.15, -0.1) is 0 Å². The van der Waals surface area contributed by atoms with Crippen LogP contribution >= 0.6 is 0 Å². The summed E-state index contributed by atoms with van der Waals surface area (Å²) in [6.45, 7) is 13.3. The van der Waals surface area contributed by atoms with Gasteiger partial charge in [-0.2, -0.15) is 0 Å². The number of phenols is 12. The molecule has 6 aromatic rings. The lowest BCUT2D eigenvalue weighted by atomic mass is 10.0. The van der Waals surface area contributed by atoms with E-state index in [1.54, 1.807) is 36.4 Å². The van der Waals surface area contributed by atoms with Gasteiger partial charge >= 0.3 is 0 Å². The predicted octanol–water partition coefficient (Wildman–Crippen LogP) is 28.4. The highest BCUT2D eigenvalue weighted by molar-refractivity contribution is 5.81. The minimum absolute atomic E-state index is 0.116. The van der Waals surface area contributed by atoms with Crippen molar-refractivity contribution in [3.05, 3.63) is 143 Å². The van der Waals surface area contributed by atoms with E-state index in [1.807, 2.05) is 0 Å². The highest BCUT2D eigenvalue weighted by Gasteiger charge is 2.13. The van der Waals surface area contributed by atoms with Gasteiger partial charge in [-0.25, -0.2) is 0 Å². The van der Waals surface area contributed by atoms with Crippen molar-refractivity contribution in [2.75, 3.05) is 0 Å². The van der Waals surface area contributed by atoms with Crippen molar-refractivity contribution in [3.8, 4) is 69.0 Å². The molecule has 0 heterocycles. The summed E-state index contributed by atoms with van der Waals surface area (Å²) in [5.74, 6) is 0.308. The Kier molecular flexibility index (Phi) is 70.3. The van der Waals surface area contributed by atoms with Crippen molar-refractivity contribution < 1.29 is 90.0 Å². The number of rotatable bonds is 66. The van der Waals surface area contributed by atoms with Gasteiger partial charge in [0.2, 0.25) is 0 Å². The van der Waals surface area contributed by atoms with E-state index < -0.39 is 0 Å². The molecule has 12 N–H and O–H groups in total. The van der Waals surface area contributed by atoms with Gasteiger partial charge in [-0.1, -0.05) is 309 Å². The Morgan fingerprint density at radius 1 is 0.151 bits per heavy atom. The van der Waals surface area contributed by atoms with Crippen molar-refractivity contribution in [1.29, 1.82) is 0 Å². The fraction of sp³-hybridized carbons (Fsp3) is 0.611. The summed E-state index contributed by atoms with van der Waals surface area (Å²) in [6.07, 6.45) is 62.3. The van der Waals surface area contributed by atoms with Crippen LogP contribution < -0.4 is 0 Å². The maximum absolute atomic E-state index is 11.9. The highest BCUT2D eigenvalue weighted by Crippen LogP contribution is 2.32. The molecule has 0 radical (unpaired) electrons. The number of carbonyl (C=O) groups is 6. The number of Topliss-reactive ketones (excluding diaryl/α,β-unsaturated/α-hetero) is 6. The normalized spacial score (nSPS) is 10.7. The molecule has 0 aliphatic rings. The van der Waals surface area contributed by atoms with E-state index in [4.69, 9.17) is 0 Å². The van der Waals surface area contributed by atoms with Crippen molar-refractivity contribution >= 4 is 34.7 Å². The number of phenolic OH excluding ortho intramolecular Hbond substituents is 12. The minimum atomic E-state index is -0.121. The molecule has 708 valence electrons. The van der Waals surface area contributed by atoms with E-state index in [0.717, 1.165) is 110 Å². The van der Waals surface area contributed by atoms with E-state index in [9.17, 15) is 90.0 Å². The smallest absolute Gasteiger partial charge is 0.157 e. The lowest BCUT2D eigenvalue weighted by molar-refractivity contribution is -0.120. The van der Waals surface area contributed by atoms with E-state index >= 15 is 0 Å². The largest absolute Gasteiger partial charge is 0.504 e. The highest BCUT2D eigenvalue weighted by atomic mass is 16.3. The summed E-state index contributed by atoms with van der Waals surface area (Å²) in [5.41, 5.74) is 5.32. The molecule has 0 atom stereocenters. The number of carbonyl (C=O) groups excluding carboxylic acids is 6. The van der Waals surface area contributed by atoms with Crippen LogP contribution in [0.2, 0.25) is 0 Å². The van der Waals surface area contributed by atoms with Crippen LogP contribution in [-0.2, 0) is 67.3 Å². The molecular weight excluding hydrogens is 1590 g/mol. The molecular formula is C108H168O18. The van der Waals surface area contributed by atoms with E-state index in [-0.39, 0.29) is 92.1 Å². The standard InChI is InChI=1S/C20H32O3.C19H30O3.2C18H28O3.C17H26O3.C16H24O3/c1-2-3-4-5-6-7-8-9-10-11-18(21)14-12-17-13-15-19(22)20(23)16-17;1-2-3-4-5-6-7-8-9-10-17(20)13-11-16-12-14-18(21)19(22)15-16;2*1-2-3-4-5-6-7-8-9-16(19)12-10-15-11-13-17(20)18(21)14-15;1-2-3-4-5-6-7-8-15(18)11-9-14-10-12-16(19)17(20)13-14;1-2-3-4-5-6-7-14(17)10-8-13-9-11-15(18)16(19)12-13/h13,15-16,22-23H,2-12,14H2,1H3;12,14-15,21-22H,2-11,13H2,1H3;2*11,13-14,20-21H,2-10,12H2,1H3;10,12-13,19-20H,2-9,11H2,1H3;9,11-12,18-19H,2-8,10H2,1H3. The monoisotopic (exact) mass is 1750 g/mol. The van der Waals surface area contributed by atoms with Crippen LogP contribution in [0.5, 0.6) is 69.0 Å². The Morgan fingerprint density at radius 2 is 0.262 bits per heavy atom. The summed E-state index contributed by atoms with van der Waals surface area (Å²) in [6, 6.07) is 28.4. The lowest BCUT2D eigenvalue weighted by Gasteiger charge is -2.04. The quantitative estimate of drug-likeness (QED) is 0.0125. The Morgan fingerprint density at radius 3 is 0.373 bits per heavy atom. The first-order valence-electron chi connectivity index (χ1n) is 48.9. The van der Waals surface area contributed by atoms with Crippen LogP contribution in [0.25, 0.3) is 0 Å². The Hall–Kier alpha value is -9.06. The van der Waals surface area contributed by atoms with E-state index in [0.29, 0.717) is 127 Å². The van der Waals surface area contributed by atoms with Gasteiger partial charge in [0.25, 0.3) is 0 Å². The molecule has 0 unspecified atom stereocenters. The third-order valence-corrected chi connectivity index (χ3v) is 22.7. The van der Waals surface area contributed by atoms with Gasteiger partial charge in [0.1, 0.15) is 34.7 Å². The van der Waals surface area contributed by atoms with E-state index in [2.05, 4.69) is 41.5 Å². The van der Waals surface area contributed by atoms with Crippen molar-refractivity contribution in [1.82, 2.24) is 0 Å². The molecule has 0 aliphatic carbocycles. The third kappa shape index (κ3) is 63.8. The molecule has 6 aromatic carbocycles. The number of benzene rings is 6. The molecule has 0 fully saturated rings. The zero-order valence-electron chi connectivity index (χ0n) is 78.6. The molecule has 0 saturated carbocycles. The van der Waals surface area contributed by atoms with Crippen molar-refractivity contribution in [2.45, 2.75) is 427 Å². The lowest BCUT2D eigenvalue weighted by Crippen LogP contribution is -2.00. The first kappa shape index (κ1) is 115. The molecule has 18 nitrogen and oxygen atoms in total. The average molecular weight is 1750 g/mol. The number of hydrogen-bond acceptors (Lipinski definition) is 18. The zero-order chi connectivity index (χ0) is 93.0. The van der Waals surface area contributed by atoms with E-state index in [1.165, 1.54) is 265 Å². The van der Waals surface area contributed by atoms with Crippen LogP contribution in [0.15, 0.2) is 109 Å². The summed E-state index contributed by atoms with van der Waals surface area (Å²) >= 11 is 0. The van der Waals surface area contributed by atoms with Crippen LogP contribution in [0.1, 0.15) is 422 Å². The molecule has 6 rings (SSSR count). The number of aromatic hydroxyl groups is 12. The van der Waals surface area contributed by atoms with Gasteiger partial charge in [-0.3, -0.25) is 28.8 Å². The van der Waals surface area contributed by atoms with Gasteiger partial charge in [0.15, 0.2) is 69.0 Å². The maximum atomic E-state index is 11.9. The maximum Gasteiger partial charge on any atom is 0.157 e. The summed E-state index contributed by atoms with van der Waals surface area (Å²) in [4.78, 5) is 70.7. The second kappa shape index (κ2) is 77.1. The number of ketones is 6. The van der Waals surface area contributed by atoms with Crippen LogP contribution in [0.4, 0.5) is 0 Å². The van der Waals surface area contributed by atoms with Gasteiger partial charge in [-0.05, 0) is 183 Å². The van der Waals surface area contributed by atoms with Gasteiger partial charge in [0, 0.05) is 77.0 Å². The Balaban J connectivity index is 0.000000757. The van der Waals surface area contributed by atoms with Crippen LogP contribution in [0, 0.1) is 0 Å². The SMILES string of the molecule is CCCCCCCC(=O)CCc1ccc(O)c(O)c1.CCCCCCCCC(=O)CCc1ccc(O)c(O)c1.CCCCCCCCCC(=O)CCc1ccc(O)c(O)c1.CCCCCCCCCC(=O)CCc1ccc(O)c(O)c1.CCCCCCCCCCC(=O)CCc1ccc(O)c(O)c1.CCCCCCCCCCCC(=O)CCc1ccc(O)c(O)c1. The fourth-order valence-electron chi connectivity index (χ4n) is 14.5. The molecule has 126 heavy (non-hydrogen) atoms. The summed E-state index contributed by atoms with van der Waals surface area (Å²) < 4.78 is 0. The Bertz CT molecular complexity index is 3740. The molecule has 0 saturated heterocycles. The molecule has 0 bridgehead atoms. The Labute approximate surface area is 759 Å². The molecule has 0 aromatic heterocycles. The van der Waals surface area contributed by atoms with Crippen molar-refractivity contribution in [3.63, 3.8) is 0 Å².